The summed E-state index contributed by atoms with van der Waals surface area (Å²) in [4.78, 5) is 38.8. The minimum atomic E-state index is -5.08. The number of rotatable bonds is 5. The van der Waals surface area contributed by atoms with Crippen molar-refractivity contribution >= 4 is 17.8 Å². The number of halogens is 6. The maximum absolute atomic E-state index is 12.4. The van der Waals surface area contributed by atoms with Crippen LogP contribution >= 0.6 is 0 Å². The van der Waals surface area contributed by atoms with E-state index in [1.54, 1.807) is 12.5 Å². The van der Waals surface area contributed by atoms with Gasteiger partial charge < -0.3 is 24.7 Å². The zero-order chi connectivity index (χ0) is 30.1. The van der Waals surface area contributed by atoms with Crippen LogP contribution in [0.5, 0.6) is 0 Å². The standard InChI is InChI=1S/C19H24N4O3.2C2HF3O2/c1-22-12-19(13-23(14-19)10-15-4-2-6-20-8-15)26-11-17(22)18(24)21-9-16-5-3-7-25-16;2*3-2(4,5)1(6)7/h2-8,17H,9-14H2,1H3,(H,21,24);2*(H,6,7). The van der Waals surface area contributed by atoms with Crippen LogP contribution in [0.15, 0.2) is 47.3 Å². The molecule has 222 valence electrons. The number of likely N-dealkylation sites (tertiary alicyclic amines) is 1. The molecule has 4 heterocycles. The number of carboxylic acids is 2. The van der Waals surface area contributed by atoms with Gasteiger partial charge in [0.1, 0.15) is 17.4 Å². The Morgan fingerprint density at radius 1 is 1.05 bits per heavy atom. The first-order valence-corrected chi connectivity index (χ1v) is 11.4. The number of hydrogen-bond donors (Lipinski definition) is 3. The van der Waals surface area contributed by atoms with Crippen molar-refractivity contribution in [3.63, 3.8) is 0 Å². The van der Waals surface area contributed by atoms with E-state index in [1.165, 1.54) is 5.56 Å². The molecule has 0 aliphatic carbocycles. The average Bonchev–Trinajstić information content (AvgIpc) is 3.36. The van der Waals surface area contributed by atoms with Crippen LogP contribution in [-0.2, 0) is 32.2 Å². The van der Waals surface area contributed by atoms with Gasteiger partial charge in [0.15, 0.2) is 0 Å². The third-order valence-corrected chi connectivity index (χ3v) is 5.57. The minimum absolute atomic E-state index is 0.0229. The maximum atomic E-state index is 12.4. The van der Waals surface area contributed by atoms with Gasteiger partial charge in [0.2, 0.25) is 5.91 Å². The Hall–Kier alpha value is -3.70. The van der Waals surface area contributed by atoms with Crippen molar-refractivity contribution in [1.82, 2.24) is 20.1 Å². The van der Waals surface area contributed by atoms with E-state index >= 15 is 0 Å². The molecule has 2 aromatic heterocycles. The molecular weight excluding hydrogens is 558 g/mol. The number of likely N-dealkylation sites (N-methyl/N-ethyl adjacent to an activating group) is 1. The Morgan fingerprint density at radius 3 is 2.10 bits per heavy atom. The lowest BCUT2D eigenvalue weighted by Gasteiger charge is -2.55. The van der Waals surface area contributed by atoms with Crippen LogP contribution < -0.4 is 5.32 Å². The van der Waals surface area contributed by atoms with Crippen molar-refractivity contribution in [2.75, 3.05) is 33.3 Å². The largest absolute Gasteiger partial charge is 0.490 e. The number of carbonyl (C=O) groups is 3. The summed E-state index contributed by atoms with van der Waals surface area (Å²) in [6.07, 6.45) is -4.87. The third kappa shape index (κ3) is 10.1. The number of nitrogens with one attached hydrogen (secondary N) is 1. The number of ether oxygens (including phenoxy) is 1. The van der Waals surface area contributed by atoms with Crippen molar-refractivity contribution in [1.29, 1.82) is 0 Å². The summed E-state index contributed by atoms with van der Waals surface area (Å²) in [5.74, 6) is -4.79. The number of amides is 1. The van der Waals surface area contributed by atoms with Gasteiger partial charge in [-0.15, -0.1) is 0 Å². The van der Waals surface area contributed by atoms with E-state index in [0.29, 0.717) is 13.2 Å². The molecule has 1 amide bonds. The van der Waals surface area contributed by atoms with E-state index in [9.17, 15) is 31.1 Å². The number of carbonyl (C=O) groups excluding carboxylic acids is 1. The van der Waals surface area contributed by atoms with Gasteiger partial charge in [-0.3, -0.25) is 19.6 Å². The van der Waals surface area contributed by atoms with E-state index in [4.69, 9.17) is 29.0 Å². The minimum Gasteiger partial charge on any atom is -0.475 e. The first-order chi connectivity index (χ1) is 18.5. The highest BCUT2D eigenvalue weighted by atomic mass is 19.4. The number of alkyl halides is 6. The molecule has 4 rings (SSSR count). The number of carboxylic acid groups (broad SMARTS) is 2. The first kappa shape index (κ1) is 32.5. The second-order valence-corrected chi connectivity index (χ2v) is 8.83. The highest BCUT2D eigenvalue weighted by molar-refractivity contribution is 5.82. The Morgan fingerprint density at radius 2 is 1.65 bits per heavy atom. The Kier molecular flexibility index (Phi) is 11.0. The molecule has 2 aliphatic rings. The number of aliphatic carboxylic acids is 2. The molecule has 40 heavy (non-hydrogen) atoms. The van der Waals surface area contributed by atoms with Crippen LogP contribution in [0.3, 0.4) is 0 Å². The molecule has 0 saturated carbocycles. The lowest BCUT2D eigenvalue weighted by atomic mass is 9.90. The smallest absolute Gasteiger partial charge is 0.475 e. The van der Waals surface area contributed by atoms with E-state index in [-0.39, 0.29) is 17.6 Å². The van der Waals surface area contributed by atoms with Crippen molar-refractivity contribution in [2.45, 2.75) is 37.1 Å². The topological polar surface area (TPSA) is 145 Å². The summed E-state index contributed by atoms with van der Waals surface area (Å²) in [6, 6.07) is 7.45. The van der Waals surface area contributed by atoms with Crippen molar-refractivity contribution in [2.24, 2.45) is 0 Å². The summed E-state index contributed by atoms with van der Waals surface area (Å²) >= 11 is 0. The fraction of sp³-hybridized carbons (Fsp3) is 0.478. The van der Waals surface area contributed by atoms with E-state index in [0.717, 1.165) is 31.9 Å². The van der Waals surface area contributed by atoms with E-state index in [1.807, 2.05) is 31.4 Å². The summed E-state index contributed by atoms with van der Waals surface area (Å²) in [5, 5.41) is 17.2. The van der Waals surface area contributed by atoms with Gasteiger partial charge in [-0.2, -0.15) is 26.3 Å². The molecule has 1 atom stereocenters. The predicted molar refractivity (Wildman–Crippen MR) is 123 cm³/mol. The molecule has 2 saturated heterocycles. The predicted octanol–water partition coefficient (Wildman–Crippen LogP) is 2.14. The van der Waals surface area contributed by atoms with Crippen LogP contribution in [-0.4, -0.2) is 100 Å². The molecule has 2 aliphatic heterocycles. The molecule has 1 unspecified atom stereocenters. The van der Waals surface area contributed by atoms with Gasteiger partial charge in [-0.1, -0.05) is 6.07 Å². The molecule has 3 N–H and O–H groups in total. The van der Waals surface area contributed by atoms with Gasteiger partial charge in [-0.05, 0) is 30.8 Å². The number of morpholine rings is 1. The van der Waals surface area contributed by atoms with Crippen LogP contribution in [0.25, 0.3) is 0 Å². The first-order valence-electron chi connectivity index (χ1n) is 11.4. The molecule has 1 spiro atoms. The van der Waals surface area contributed by atoms with Gasteiger partial charge in [-0.25, -0.2) is 9.59 Å². The SMILES string of the molecule is CN1CC2(CN(Cc3cccnc3)C2)OCC1C(=O)NCc1ccco1.O=C(O)C(F)(F)F.O=C(O)C(F)(F)F. The molecular formula is C23H26F6N4O7. The fourth-order valence-corrected chi connectivity index (χ4v) is 3.80. The average molecular weight is 584 g/mol. The molecule has 0 aromatic carbocycles. The zero-order valence-electron chi connectivity index (χ0n) is 20.9. The summed E-state index contributed by atoms with van der Waals surface area (Å²) in [5.41, 5.74) is 1.05. The van der Waals surface area contributed by atoms with Crippen LogP contribution in [0, 0.1) is 0 Å². The Labute approximate surface area is 223 Å². The monoisotopic (exact) mass is 584 g/mol. The quantitative estimate of drug-likeness (QED) is 0.447. The molecule has 0 radical (unpaired) electrons. The van der Waals surface area contributed by atoms with Gasteiger partial charge in [0, 0.05) is 38.6 Å². The number of aromatic nitrogens is 1. The third-order valence-electron chi connectivity index (χ3n) is 5.57. The number of nitrogens with zero attached hydrogens (tertiary/aromatic N) is 3. The highest BCUT2D eigenvalue weighted by Gasteiger charge is 2.49. The van der Waals surface area contributed by atoms with Crippen LogP contribution in [0.2, 0.25) is 0 Å². The number of pyridine rings is 1. The fourth-order valence-electron chi connectivity index (χ4n) is 3.80. The summed E-state index contributed by atoms with van der Waals surface area (Å²) < 4.78 is 74.8. The van der Waals surface area contributed by atoms with Crippen LogP contribution in [0.1, 0.15) is 11.3 Å². The highest BCUT2D eigenvalue weighted by Crippen LogP contribution is 2.31. The zero-order valence-corrected chi connectivity index (χ0v) is 20.9. The lowest BCUT2D eigenvalue weighted by Crippen LogP contribution is -2.72. The van der Waals surface area contributed by atoms with Crippen molar-refractivity contribution < 1.29 is 60.1 Å². The summed E-state index contributed by atoms with van der Waals surface area (Å²) in [7, 11) is 1.99. The molecule has 17 heteroatoms. The van der Waals surface area contributed by atoms with E-state index < -0.39 is 24.3 Å². The van der Waals surface area contributed by atoms with Crippen molar-refractivity contribution in [3.8, 4) is 0 Å². The Balaban J connectivity index is 0.000000333. The number of hydrogen-bond acceptors (Lipinski definition) is 8. The lowest BCUT2D eigenvalue weighted by molar-refractivity contribution is -0.198. The number of furan rings is 1. The van der Waals surface area contributed by atoms with Crippen molar-refractivity contribution in [3.05, 3.63) is 54.2 Å². The molecule has 2 fully saturated rings. The Bertz CT molecular complexity index is 1080. The van der Waals surface area contributed by atoms with Gasteiger partial charge in [0.05, 0.1) is 19.4 Å². The van der Waals surface area contributed by atoms with Gasteiger partial charge in [0.25, 0.3) is 0 Å². The molecule has 11 nitrogen and oxygen atoms in total. The second kappa shape index (κ2) is 13.6. The second-order valence-electron chi connectivity index (χ2n) is 8.83. The summed E-state index contributed by atoms with van der Waals surface area (Å²) in [6.45, 7) is 4.23. The maximum Gasteiger partial charge on any atom is 0.490 e. The van der Waals surface area contributed by atoms with Crippen LogP contribution in [0.4, 0.5) is 26.3 Å². The molecule has 0 bridgehead atoms. The van der Waals surface area contributed by atoms with Gasteiger partial charge >= 0.3 is 24.3 Å². The molecule has 2 aromatic rings. The normalized spacial score (nSPS) is 18.8. The van der Waals surface area contributed by atoms with E-state index in [2.05, 4.69) is 26.2 Å².